The summed E-state index contributed by atoms with van der Waals surface area (Å²) in [6.45, 7) is 4.33. The van der Waals surface area contributed by atoms with Gasteiger partial charge in [0, 0.05) is 18.5 Å². The van der Waals surface area contributed by atoms with Crippen LogP contribution in [0, 0.1) is 0 Å². The van der Waals surface area contributed by atoms with Crippen molar-refractivity contribution in [1.82, 2.24) is 9.97 Å². The smallest absolute Gasteiger partial charge is 0.228 e. The quantitative estimate of drug-likeness (QED) is 0.803. The Bertz CT molecular complexity index is 894. The molecule has 2 N–H and O–H groups in total. The van der Waals surface area contributed by atoms with Crippen molar-refractivity contribution in [3.8, 4) is 5.75 Å². The van der Waals surface area contributed by atoms with Crippen LogP contribution in [0.25, 0.3) is 10.9 Å². The maximum absolute atomic E-state index is 6.12. The van der Waals surface area contributed by atoms with Crippen molar-refractivity contribution in [3.63, 3.8) is 0 Å². The SMILES string of the molecule is CCOc1ccc2c(c1)CN(c1nc(N)c3ccccc3n1)CC2. The normalized spacial score (nSPS) is 13.8. The molecule has 0 unspecified atom stereocenters. The second-order valence-electron chi connectivity index (χ2n) is 5.96. The molecular weight excluding hydrogens is 300 g/mol. The highest BCUT2D eigenvalue weighted by atomic mass is 16.5. The molecule has 122 valence electrons. The van der Waals surface area contributed by atoms with Gasteiger partial charge in [-0.15, -0.1) is 0 Å². The number of nitrogen functional groups attached to an aromatic ring is 1. The van der Waals surface area contributed by atoms with Gasteiger partial charge in [-0.3, -0.25) is 0 Å². The van der Waals surface area contributed by atoms with Gasteiger partial charge in [-0.1, -0.05) is 18.2 Å². The summed E-state index contributed by atoms with van der Waals surface area (Å²) in [5.41, 5.74) is 9.64. The van der Waals surface area contributed by atoms with Crippen LogP contribution >= 0.6 is 0 Å². The minimum Gasteiger partial charge on any atom is -0.494 e. The first-order valence-electron chi connectivity index (χ1n) is 8.26. The lowest BCUT2D eigenvalue weighted by Gasteiger charge is -2.29. The Labute approximate surface area is 141 Å². The van der Waals surface area contributed by atoms with Crippen molar-refractivity contribution in [2.75, 3.05) is 23.8 Å². The molecule has 0 amide bonds. The van der Waals surface area contributed by atoms with E-state index in [-0.39, 0.29) is 0 Å². The molecule has 2 aromatic carbocycles. The first-order valence-corrected chi connectivity index (χ1v) is 8.26. The van der Waals surface area contributed by atoms with E-state index in [1.807, 2.05) is 37.3 Å². The minimum absolute atomic E-state index is 0.532. The zero-order chi connectivity index (χ0) is 16.5. The number of nitrogens with zero attached hydrogens (tertiary/aromatic N) is 3. The monoisotopic (exact) mass is 320 g/mol. The molecule has 1 aliphatic heterocycles. The van der Waals surface area contributed by atoms with E-state index in [0.29, 0.717) is 18.4 Å². The summed E-state index contributed by atoms with van der Waals surface area (Å²) in [7, 11) is 0. The van der Waals surface area contributed by atoms with Crippen LogP contribution in [0.1, 0.15) is 18.1 Å². The van der Waals surface area contributed by atoms with E-state index in [1.54, 1.807) is 0 Å². The molecule has 2 heterocycles. The Kier molecular flexibility index (Phi) is 3.69. The number of hydrogen-bond acceptors (Lipinski definition) is 5. The van der Waals surface area contributed by atoms with E-state index in [0.717, 1.165) is 36.2 Å². The molecule has 5 nitrogen and oxygen atoms in total. The number of fused-ring (bicyclic) bond motifs is 2. The number of anilines is 2. The van der Waals surface area contributed by atoms with Crippen molar-refractivity contribution in [1.29, 1.82) is 0 Å². The fourth-order valence-corrected chi connectivity index (χ4v) is 3.19. The molecular formula is C19H20N4O. The fraction of sp³-hybridized carbons (Fsp3) is 0.263. The van der Waals surface area contributed by atoms with Gasteiger partial charge < -0.3 is 15.4 Å². The molecule has 0 spiro atoms. The van der Waals surface area contributed by atoms with Gasteiger partial charge >= 0.3 is 0 Å². The number of rotatable bonds is 3. The molecule has 4 rings (SSSR count). The van der Waals surface area contributed by atoms with Crippen molar-refractivity contribution in [2.24, 2.45) is 0 Å². The number of aromatic nitrogens is 2. The molecule has 3 aromatic rings. The van der Waals surface area contributed by atoms with Crippen LogP contribution in [0.4, 0.5) is 11.8 Å². The highest BCUT2D eigenvalue weighted by molar-refractivity contribution is 5.88. The van der Waals surface area contributed by atoms with Crippen LogP contribution in [-0.4, -0.2) is 23.1 Å². The van der Waals surface area contributed by atoms with Crippen molar-refractivity contribution < 1.29 is 4.74 Å². The standard InChI is InChI=1S/C19H20N4O/c1-2-24-15-8-7-13-9-10-23(12-14(13)11-15)19-21-17-6-4-3-5-16(17)18(20)22-19/h3-8,11H,2,9-10,12H2,1H3,(H2,20,21,22). The van der Waals surface area contributed by atoms with Crippen LogP contribution in [0.3, 0.4) is 0 Å². The maximum atomic E-state index is 6.12. The van der Waals surface area contributed by atoms with E-state index in [1.165, 1.54) is 11.1 Å². The lowest BCUT2D eigenvalue weighted by Crippen LogP contribution is -2.32. The number of ether oxygens (including phenoxy) is 1. The van der Waals surface area contributed by atoms with Gasteiger partial charge in [-0.05, 0) is 48.7 Å². The zero-order valence-electron chi connectivity index (χ0n) is 13.7. The van der Waals surface area contributed by atoms with Crippen molar-refractivity contribution >= 4 is 22.7 Å². The molecule has 0 saturated carbocycles. The second kappa shape index (κ2) is 6.00. The number of nitrogens with two attached hydrogens (primary N) is 1. The van der Waals surface area contributed by atoms with E-state index in [9.17, 15) is 0 Å². The van der Waals surface area contributed by atoms with Gasteiger partial charge in [-0.25, -0.2) is 4.98 Å². The summed E-state index contributed by atoms with van der Waals surface area (Å²) < 4.78 is 5.62. The summed E-state index contributed by atoms with van der Waals surface area (Å²) in [5.74, 6) is 2.14. The molecule has 1 aromatic heterocycles. The van der Waals surface area contributed by atoms with Gasteiger partial charge in [0.2, 0.25) is 5.95 Å². The average Bonchev–Trinajstić information content (AvgIpc) is 2.61. The fourth-order valence-electron chi connectivity index (χ4n) is 3.19. The maximum Gasteiger partial charge on any atom is 0.228 e. The second-order valence-corrected chi connectivity index (χ2v) is 5.96. The van der Waals surface area contributed by atoms with E-state index in [4.69, 9.17) is 15.5 Å². The third-order valence-electron chi connectivity index (χ3n) is 4.40. The van der Waals surface area contributed by atoms with Gasteiger partial charge in [0.15, 0.2) is 0 Å². The average molecular weight is 320 g/mol. The van der Waals surface area contributed by atoms with Gasteiger partial charge in [-0.2, -0.15) is 4.98 Å². The van der Waals surface area contributed by atoms with Gasteiger partial charge in [0.25, 0.3) is 0 Å². The predicted molar refractivity (Wildman–Crippen MR) is 96.3 cm³/mol. The van der Waals surface area contributed by atoms with Crippen LogP contribution in [0.5, 0.6) is 5.75 Å². The first kappa shape index (κ1) is 14.8. The molecule has 0 aliphatic carbocycles. The van der Waals surface area contributed by atoms with Crippen LogP contribution in [-0.2, 0) is 13.0 Å². The molecule has 0 atom stereocenters. The summed E-state index contributed by atoms with van der Waals surface area (Å²) in [6.07, 6.45) is 0.970. The summed E-state index contributed by atoms with van der Waals surface area (Å²) >= 11 is 0. The van der Waals surface area contributed by atoms with Crippen molar-refractivity contribution in [3.05, 3.63) is 53.6 Å². The van der Waals surface area contributed by atoms with E-state index < -0.39 is 0 Å². The molecule has 0 bridgehead atoms. The minimum atomic E-state index is 0.532. The molecule has 0 saturated heterocycles. The molecule has 24 heavy (non-hydrogen) atoms. The highest BCUT2D eigenvalue weighted by Crippen LogP contribution is 2.28. The third kappa shape index (κ3) is 2.62. The van der Waals surface area contributed by atoms with Gasteiger partial charge in [0.1, 0.15) is 11.6 Å². The number of para-hydroxylation sites is 1. The lowest BCUT2D eigenvalue weighted by atomic mass is 10.00. The van der Waals surface area contributed by atoms with Crippen LogP contribution in [0.15, 0.2) is 42.5 Å². The summed E-state index contributed by atoms with van der Waals surface area (Å²) in [5, 5.41) is 0.900. The Morgan fingerprint density at radius 3 is 2.88 bits per heavy atom. The largest absolute Gasteiger partial charge is 0.494 e. The summed E-state index contributed by atoms with van der Waals surface area (Å²) in [4.78, 5) is 11.4. The Hall–Kier alpha value is -2.82. The van der Waals surface area contributed by atoms with E-state index in [2.05, 4.69) is 22.0 Å². The Morgan fingerprint density at radius 1 is 1.12 bits per heavy atom. The summed E-state index contributed by atoms with van der Waals surface area (Å²) in [6, 6.07) is 14.2. The number of hydrogen-bond donors (Lipinski definition) is 1. The molecule has 0 fully saturated rings. The molecule has 0 radical (unpaired) electrons. The van der Waals surface area contributed by atoms with Gasteiger partial charge in [0.05, 0.1) is 12.1 Å². The lowest BCUT2D eigenvalue weighted by molar-refractivity contribution is 0.339. The zero-order valence-corrected chi connectivity index (χ0v) is 13.7. The Balaban J connectivity index is 1.68. The van der Waals surface area contributed by atoms with E-state index >= 15 is 0 Å². The topological polar surface area (TPSA) is 64.3 Å². The van der Waals surface area contributed by atoms with Crippen LogP contribution in [0.2, 0.25) is 0 Å². The highest BCUT2D eigenvalue weighted by Gasteiger charge is 2.20. The van der Waals surface area contributed by atoms with Crippen molar-refractivity contribution in [2.45, 2.75) is 19.9 Å². The predicted octanol–water partition coefficient (Wildman–Crippen LogP) is 3.17. The molecule has 5 heteroatoms. The third-order valence-corrected chi connectivity index (χ3v) is 4.40. The first-order chi connectivity index (χ1) is 11.7. The molecule has 1 aliphatic rings. The number of benzene rings is 2. The van der Waals surface area contributed by atoms with Crippen LogP contribution < -0.4 is 15.4 Å². The Morgan fingerprint density at radius 2 is 2.00 bits per heavy atom.